The van der Waals surface area contributed by atoms with Gasteiger partial charge in [0.2, 0.25) is 5.91 Å². The molecule has 0 spiro atoms. The largest absolute Gasteiger partial charge is 0.489 e. The molecule has 5 heteroatoms. The molecule has 1 saturated heterocycles. The zero-order valence-electron chi connectivity index (χ0n) is 25.5. The van der Waals surface area contributed by atoms with Crippen LogP contribution in [0.25, 0.3) is 0 Å². The van der Waals surface area contributed by atoms with Crippen LogP contribution in [0.15, 0.2) is 84.9 Å². The van der Waals surface area contributed by atoms with Crippen LogP contribution in [0.2, 0.25) is 0 Å². The van der Waals surface area contributed by atoms with Gasteiger partial charge in [-0.15, -0.1) is 0 Å². The summed E-state index contributed by atoms with van der Waals surface area (Å²) in [6.45, 7) is 12.9. The Morgan fingerprint density at radius 2 is 1.46 bits per heavy atom. The van der Waals surface area contributed by atoms with Gasteiger partial charge in [-0.1, -0.05) is 88.4 Å². The van der Waals surface area contributed by atoms with Crippen molar-refractivity contribution >= 4 is 11.6 Å². The van der Waals surface area contributed by atoms with Gasteiger partial charge in [0.1, 0.15) is 12.4 Å². The van der Waals surface area contributed by atoms with Crippen LogP contribution in [0.1, 0.15) is 64.5 Å². The maximum absolute atomic E-state index is 13.7. The third kappa shape index (κ3) is 9.64. The molecule has 41 heavy (non-hydrogen) atoms. The maximum atomic E-state index is 13.7. The molecule has 1 fully saturated rings. The van der Waals surface area contributed by atoms with E-state index in [-0.39, 0.29) is 11.9 Å². The van der Waals surface area contributed by atoms with Crippen LogP contribution in [-0.2, 0) is 17.9 Å². The van der Waals surface area contributed by atoms with Gasteiger partial charge in [0.25, 0.3) is 0 Å². The second kappa shape index (κ2) is 15.6. The summed E-state index contributed by atoms with van der Waals surface area (Å²) < 4.78 is 6.04. The molecule has 3 aromatic carbocycles. The van der Waals surface area contributed by atoms with Crippen molar-refractivity contribution < 1.29 is 9.53 Å². The second-order valence-electron chi connectivity index (χ2n) is 12.2. The summed E-state index contributed by atoms with van der Waals surface area (Å²) in [4.78, 5) is 18.3. The third-order valence-corrected chi connectivity index (χ3v) is 7.98. The number of carbonyl (C=O) groups excluding carboxylic acids is 1. The van der Waals surface area contributed by atoms with Crippen molar-refractivity contribution in [1.29, 1.82) is 0 Å². The second-order valence-corrected chi connectivity index (χ2v) is 12.2. The minimum atomic E-state index is -0.146. The number of ether oxygens (including phenoxy) is 1. The van der Waals surface area contributed by atoms with E-state index in [2.05, 4.69) is 103 Å². The Morgan fingerprint density at radius 1 is 0.854 bits per heavy atom. The first-order valence-electron chi connectivity index (χ1n) is 15.5. The Bertz CT molecular complexity index is 1160. The van der Waals surface area contributed by atoms with E-state index in [0.29, 0.717) is 31.0 Å². The number of hydrogen-bond donors (Lipinski definition) is 1. The highest BCUT2D eigenvalue weighted by atomic mass is 16.5. The highest BCUT2D eigenvalue weighted by Gasteiger charge is 2.31. The lowest BCUT2D eigenvalue weighted by molar-refractivity contribution is -0.135. The minimum absolute atomic E-state index is 0.146. The fourth-order valence-electron chi connectivity index (χ4n) is 5.59. The first-order chi connectivity index (χ1) is 19.9. The molecule has 1 heterocycles. The Labute approximate surface area is 247 Å². The monoisotopic (exact) mass is 555 g/mol. The molecular formula is C36H49N3O2. The molecule has 0 aromatic heterocycles. The van der Waals surface area contributed by atoms with Crippen molar-refractivity contribution in [2.75, 3.05) is 24.5 Å². The molecule has 1 aliphatic rings. The number of nitrogens with zero attached hydrogens (tertiary/aromatic N) is 2. The molecule has 1 amide bonds. The van der Waals surface area contributed by atoms with Gasteiger partial charge >= 0.3 is 0 Å². The lowest BCUT2D eigenvalue weighted by Crippen LogP contribution is -2.52. The number of likely N-dealkylation sites (tertiary alicyclic amines) is 1. The molecule has 1 atom stereocenters. The molecule has 5 nitrogen and oxygen atoms in total. The number of benzene rings is 3. The molecule has 220 valence electrons. The first kappa shape index (κ1) is 30.6. The van der Waals surface area contributed by atoms with Crippen LogP contribution in [-0.4, -0.2) is 42.5 Å². The molecular weight excluding hydrogens is 506 g/mol. The predicted octanol–water partition coefficient (Wildman–Crippen LogP) is 7.31. The van der Waals surface area contributed by atoms with E-state index in [9.17, 15) is 4.79 Å². The third-order valence-electron chi connectivity index (χ3n) is 7.98. The molecule has 1 unspecified atom stereocenters. The number of piperidine rings is 1. The normalized spacial score (nSPS) is 14.8. The molecule has 0 radical (unpaired) electrons. The summed E-state index contributed by atoms with van der Waals surface area (Å²) in [5.74, 6) is 2.24. The Balaban J connectivity index is 1.36. The van der Waals surface area contributed by atoms with Crippen LogP contribution < -0.4 is 15.0 Å². The molecule has 3 aromatic rings. The average Bonchev–Trinajstić information content (AvgIpc) is 2.99. The molecule has 1 N–H and O–H groups in total. The Morgan fingerprint density at radius 3 is 2.05 bits per heavy atom. The molecule has 0 saturated carbocycles. The molecule has 4 rings (SSSR count). The molecule has 1 aliphatic heterocycles. The fraction of sp³-hybridized carbons (Fsp3) is 0.472. The quantitative estimate of drug-likeness (QED) is 0.226. The van der Waals surface area contributed by atoms with E-state index >= 15 is 0 Å². The topological polar surface area (TPSA) is 44.8 Å². The fourth-order valence-corrected chi connectivity index (χ4v) is 5.59. The van der Waals surface area contributed by atoms with Crippen molar-refractivity contribution in [3.05, 3.63) is 96.1 Å². The van der Waals surface area contributed by atoms with Crippen molar-refractivity contribution in [3.63, 3.8) is 0 Å². The lowest BCUT2D eigenvalue weighted by Gasteiger charge is -2.41. The van der Waals surface area contributed by atoms with E-state index in [1.165, 1.54) is 16.8 Å². The van der Waals surface area contributed by atoms with Crippen molar-refractivity contribution in [2.24, 2.45) is 11.8 Å². The Hall–Kier alpha value is -3.31. The van der Waals surface area contributed by atoms with Crippen LogP contribution in [0.3, 0.4) is 0 Å². The van der Waals surface area contributed by atoms with E-state index in [4.69, 9.17) is 4.74 Å². The van der Waals surface area contributed by atoms with Crippen molar-refractivity contribution in [1.82, 2.24) is 10.2 Å². The highest BCUT2D eigenvalue weighted by molar-refractivity contribution is 5.82. The standard InChI is InChI=1S/C36H49N3O2/c1-28(2)19-24-39(32-15-17-34(18-16-32)41-27-31-13-9-6-10-14-31)33-20-22-38(23-21-33)36(40)35(25-29(3)4)37-26-30-11-7-5-8-12-30/h5-18,28-29,33,35,37H,19-27H2,1-4H3. The lowest BCUT2D eigenvalue weighted by atomic mass is 9.98. The van der Waals surface area contributed by atoms with Crippen LogP contribution in [0.5, 0.6) is 5.75 Å². The minimum Gasteiger partial charge on any atom is -0.489 e. The zero-order chi connectivity index (χ0) is 29.0. The number of anilines is 1. The van der Waals surface area contributed by atoms with Crippen molar-refractivity contribution in [3.8, 4) is 5.75 Å². The summed E-state index contributed by atoms with van der Waals surface area (Å²) in [6, 6.07) is 29.5. The van der Waals surface area contributed by atoms with Crippen LogP contribution in [0.4, 0.5) is 5.69 Å². The summed E-state index contributed by atoms with van der Waals surface area (Å²) in [7, 11) is 0. The average molecular weight is 556 g/mol. The molecule has 0 aliphatic carbocycles. The van der Waals surface area contributed by atoms with Gasteiger partial charge in [-0.05, 0) is 72.9 Å². The van der Waals surface area contributed by atoms with Gasteiger partial charge < -0.3 is 19.9 Å². The molecule has 0 bridgehead atoms. The number of carbonyl (C=O) groups is 1. The Kier molecular flexibility index (Phi) is 11.7. The van der Waals surface area contributed by atoms with Crippen molar-refractivity contribution in [2.45, 2.75) is 78.6 Å². The van der Waals surface area contributed by atoms with E-state index in [1.807, 2.05) is 24.3 Å². The van der Waals surface area contributed by atoms with Gasteiger partial charge in [0.15, 0.2) is 0 Å². The van der Waals surface area contributed by atoms with E-state index in [0.717, 1.165) is 51.1 Å². The van der Waals surface area contributed by atoms with Crippen LogP contribution >= 0.6 is 0 Å². The van der Waals surface area contributed by atoms with Crippen LogP contribution in [0, 0.1) is 11.8 Å². The maximum Gasteiger partial charge on any atom is 0.239 e. The van der Waals surface area contributed by atoms with Gasteiger partial charge in [-0.3, -0.25) is 4.79 Å². The summed E-state index contributed by atoms with van der Waals surface area (Å²) in [5, 5.41) is 3.57. The number of nitrogens with one attached hydrogen (secondary N) is 1. The van der Waals surface area contributed by atoms with Gasteiger partial charge in [-0.2, -0.15) is 0 Å². The summed E-state index contributed by atoms with van der Waals surface area (Å²) in [6.07, 6.45) is 3.97. The van der Waals surface area contributed by atoms with Gasteiger partial charge in [0.05, 0.1) is 6.04 Å². The number of hydrogen-bond acceptors (Lipinski definition) is 4. The summed E-state index contributed by atoms with van der Waals surface area (Å²) in [5.41, 5.74) is 3.62. The first-order valence-corrected chi connectivity index (χ1v) is 15.5. The van der Waals surface area contributed by atoms with Gasteiger partial charge in [-0.25, -0.2) is 0 Å². The summed E-state index contributed by atoms with van der Waals surface area (Å²) >= 11 is 0. The predicted molar refractivity (Wildman–Crippen MR) is 170 cm³/mol. The number of amides is 1. The van der Waals surface area contributed by atoms with E-state index in [1.54, 1.807) is 0 Å². The number of rotatable bonds is 14. The highest BCUT2D eigenvalue weighted by Crippen LogP contribution is 2.28. The SMILES string of the molecule is CC(C)CCN(c1ccc(OCc2ccccc2)cc1)C1CCN(C(=O)C(CC(C)C)NCc2ccccc2)CC1. The zero-order valence-corrected chi connectivity index (χ0v) is 25.5. The smallest absolute Gasteiger partial charge is 0.239 e. The van der Waals surface area contributed by atoms with E-state index < -0.39 is 0 Å². The van der Waals surface area contributed by atoms with Gasteiger partial charge in [0, 0.05) is 37.9 Å².